The minimum absolute atomic E-state index is 0.134. The molecule has 0 amide bonds. The maximum atomic E-state index is 13.8. The molecule has 0 atom stereocenters. The molecule has 170 valence electrons. The smallest absolute Gasteiger partial charge is 0.494 e. The molecule has 0 aliphatic rings. The Kier molecular flexibility index (Phi) is 12.5. The normalized spacial score (nSPS) is 12.2. The Bertz CT molecular complexity index is 663. The van der Waals surface area contributed by atoms with Gasteiger partial charge in [0.15, 0.2) is 11.6 Å². The van der Waals surface area contributed by atoms with Gasteiger partial charge in [-0.15, -0.1) is 0 Å². The van der Waals surface area contributed by atoms with Gasteiger partial charge in [0.05, 0.1) is 7.11 Å². The number of benzene rings is 1. The molecule has 0 spiro atoms. The lowest BCUT2D eigenvalue weighted by molar-refractivity contribution is -0.132. The second-order valence-corrected chi connectivity index (χ2v) is 9.50. The second-order valence-electron chi connectivity index (χ2n) is 6.76. The third kappa shape index (κ3) is 8.95. The van der Waals surface area contributed by atoms with Gasteiger partial charge in [0.1, 0.15) is 0 Å². The van der Waals surface area contributed by atoms with Gasteiger partial charge < -0.3 is 23.1 Å². The van der Waals surface area contributed by atoms with Gasteiger partial charge in [-0.1, -0.05) is 18.9 Å². The molecule has 8 heteroatoms. The summed E-state index contributed by atoms with van der Waals surface area (Å²) in [6, 6.07) is 5.17. The molecule has 0 bridgehead atoms. The lowest BCUT2D eigenvalue weighted by atomic mass is 10.0. The van der Waals surface area contributed by atoms with E-state index in [1.165, 1.54) is 25.3 Å². The Hall–Kier alpha value is -1.74. The summed E-state index contributed by atoms with van der Waals surface area (Å²) in [5.74, 6) is -1.36. The van der Waals surface area contributed by atoms with Crippen LogP contribution in [-0.4, -0.2) is 46.8 Å². The van der Waals surface area contributed by atoms with Crippen LogP contribution in [0.4, 0.5) is 4.39 Å². The number of unbranched alkanes of at least 4 members (excludes halogenated alkanes) is 3. The molecule has 0 saturated heterocycles. The van der Waals surface area contributed by atoms with E-state index in [4.69, 9.17) is 18.0 Å². The molecule has 0 aliphatic carbocycles. The van der Waals surface area contributed by atoms with E-state index >= 15 is 0 Å². The molecule has 0 heterocycles. The van der Waals surface area contributed by atoms with Crippen LogP contribution in [0.5, 0.6) is 5.75 Å². The average Bonchev–Trinajstić information content (AvgIpc) is 2.70. The standard InChI is InChI=1S/C22H35FO6Si/c1-5-27-30(28-6-2,29-7-3)15-11-9-8-10-12-19(22(24)25)16-18-13-14-21(26-4)20(23)17-18/h13-14,16-17H,5-12,15H2,1-4H3,(H,24,25)/b19-16+. The highest BCUT2D eigenvalue weighted by Crippen LogP contribution is 2.23. The van der Waals surface area contributed by atoms with Crippen LogP contribution in [0.25, 0.3) is 6.08 Å². The summed E-state index contributed by atoms with van der Waals surface area (Å²) >= 11 is 0. The molecule has 1 N–H and O–H groups in total. The van der Waals surface area contributed by atoms with Gasteiger partial charge in [-0.05, 0) is 63.8 Å². The van der Waals surface area contributed by atoms with Crippen LogP contribution in [-0.2, 0) is 18.1 Å². The summed E-state index contributed by atoms with van der Waals surface area (Å²) in [7, 11) is -1.22. The lowest BCUT2D eigenvalue weighted by Gasteiger charge is -2.28. The Morgan fingerprint density at radius 2 is 1.63 bits per heavy atom. The molecule has 0 radical (unpaired) electrons. The van der Waals surface area contributed by atoms with Gasteiger partial charge in [0.2, 0.25) is 0 Å². The number of carboxylic acids is 1. The van der Waals surface area contributed by atoms with Crippen molar-refractivity contribution in [3.8, 4) is 5.75 Å². The molecule has 1 aromatic carbocycles. The van der Waals surface area contributed by atoms with Gasteiger partial charge in [-0.3, -0.25) is 0 Å². The summed E-state index contributed by atoms with van der Waals surface area (Å²) < 4.78 is 36.3. The topological polar surface area (TPSA) is 74.2 Å². The summed E-state index contributed by atoms with van der Waals surface area (Å²) in [6.45, 7) is 7.50. The fourth-order valence-corrected chi connectivity index (χ4v) is 5.91. The first-order chi connectivity index (χ1) is 14.4. The molecule has 1 aromatic rings. The van der Waals surface area contributed by atoms with E-state index < -0.39 is 20.6 Å². The Morgan fingerprint density at radius 3 is 2.13 bits per heavy atom. The Morgan fingerprint density at radius 1 is 1.03 bits per heavy atom. The molecule has 1 rings (SSSR count). The van der Waals surface area contributed by atoms with Crippen molar-refractivity contribution in [2.75, 3.05) is 26.9 Å². The van der Waals surface area contributed by atoms with E-state index in [0.29, 0.717) is 31.8 Å². The largest absolute Gasteiger partial charge is 0.500 e. The molecule has 0 fully saturated rings. The predicted octanol–water partition coefficient (Wildman–Crippen LogP) is 5.30. The zero-order valence-corrected chi connectivity index (χ0v) is 19.5. The number of halogens is 1. The van der Waals surface area contributed by atoms with E-state index in [1.54, 1.807) is 6.07 Å². The number of carbonyl (C=O) groups is 1. The van der Waals surface area contributed by atoms with E-state index in [0.717, 1.165) is 31.7 Å². The number of hydrogen-bond acceptors (Lipinski definition) is 5. The average molecular weight is 443 g/mol. The first-order valence-electron chi connectivity index (χ1n) is 10.6. The molecule has 6 nitrogen and oxygen atoms in total. The highest BCUT2D eigenvalue weighted by Gasteiger charge is 2.39. The molecule has 0 aliphatic heterocycles. The SMILES string of the molecule is CCO[Si](CCCCCC/C(=C\c1ccc(OC)c(F)c1)C(=O)O)(OCC)OCC. The van der Waals surface area contributed by atoms with Crippen LogP contribution >= 0.6 is 0 Å². The maximum Gasteiger partial charge on any atom is 0.500 e. The number of hydrogen-bond donors (Lipinski definition) is 1. The highest BCUT2D eigenvalue weighted by atomic mass is 28.4. The van der Waals surface area contributed by atoms with Crippen LogP contribution in [0.3, 0.4) is 0 Å². The van der Waals surface area contributed by atoms with Gasteiger partial charge >= 0.3 is 14.8 Å². The first kappa shape index (κ1) is 26.3. The van der Waals surface area contributed by atoms with Gasteiger partial charge in [-0.2, -0.15) is 0 Å². The Balaban J connectivity index is 2.55. The number of aliphatic carboxylic acids is 1. The van der Waals surface area contributed by atoms with Crippen molar-refractivity contribution in [2.45, 2.75) is 58.9 Å². The van der Waals surface area contributed by atoms with Crippen LogP contribution in [0.15, 0.2) is 23.8 Å². The predicted molar refractivity (Wildman–Crippen MR) is 117 cm³/mol. The summed E-state index contributed by atoms with van der Waals surface area (Å²) in [6.07, 6.45) is 5.41. The van der Waals surface area contributed by atoms with E-state index in [-0.39, 0.29) is 11.3 Å². The van der Waals surface area contributed by atoms with Crippen molar-refractivity contribution in [2.24, 2.45) is 0 Å². The van der Waals surface area contributed by atoms with Crippen molar-refractivity contribution in [1.29, 1.82) is 0 Å². The van der Waals surface area contributed by atoms with Crippen LogP contribution in [0.1, 0.15) is 58.4 Å². The number of methoxy groups -OCH3 is 1. The quantitative estimate of drug-likeness (QED) is 0.213. The van der Waals surface area contributed by atoms with E-state index in [2.05, 4.69) is 0 Å². The minimum atomic E-state index is -2.61. The zero-order chi connectivity index (χ0) is 22.4. The minimum Gasteiger partial charge on any atom is -0.494 e. The number of ether oxygens (including phenoxy) is 1. The fourth-order valence-electron chi connectivity index (χ4n) is 3.23. The molecule has 0 saturated carbocycles. The van der Waals surface area contributed by atoms with Crippen molar-refractivity contribution in [3.63, 3.8) is 0 Å². The summed E-state index contributed by atoms with van der Waals surface area (Å²) in [4.78, 5) is 11.5. The maximum absolute atomic E-state index is 13.8. The van der Waals surface area contributed by atoms with Gasteiger partial charge in [-0.25, -0.2) is 9.18 Å². The summed E-state index contributed by atoms with van der Waals surface area (Å²) in [5, 5.41) is 9.46. The summed E-state index contributed by atoms with van der Waals surface area (Å²) in [5.41, 5.74) is 0.771. The third-order valence-corrected chi connectivity index (χ3v) is 7.71. The molecule has 0 aromatic heterocycles. The van der Waals surface area contributed by atoms with Crippen molar-refractivity contribution >= 4 is 20.8 Å². The van der Waals surface area contributed by atoms with E-state index in [9.17, 15) is 14.3 Å². The Labute approximate surface area is 180 Å². The third-order valence-electron chi connectivity index (χ3n) is 4.56. The van der Waals surface area contributed by atoms with Crippen molar-refractivity contribution in [1.82, 2.24) is 0 Å². The van der Waals surface area contributed by atoms with Crippen LogP contribution in [0.2, 0.25) is 6.04 Å². The lowest BCUT2D eigenvalue weighted by Crippen LogP contribution is -2.45. The number of carboxylic acid groups (broad SMARTS) is 1. The molecular weight excluding hydrogens is 407 g/mol. The molecular formula is C22H35FO6Si. The van der Waals surface area contributed by atoms with Crippen molar-refractivity contribution in [3.05, 3.63) is 35.2 Å². The second kappa shape index (κ2) is 14.3. The van der Waals surface area contributed by atoms with E-state index in [1.807, 2.05) is 20.8 Å². The van der Waals surface area contributed by atoms with Gasteiger partial charge in [0.25, 0.3) is 0 Å². The highest BCUT2D eigenvalue weighted by molar-refractivity contribution is 6.60. The first-order valence-corrected chi connectivity index (χ1v) is 12.5. The molecule has 0 unspecified atom stereocenters. The molecule has 30 heavy (non-hydrogen) atoms. The van der Waals surface area contributed by atoms with Crippen molar-refractivity contribution < 1.29 is 32.3 Å². The zero-order valence-electron chi connectivity index (χ0n) is 18.5. The fraction of sp³-hybridized carbons (Fsp3) is 0.591. The van der Waals surface area contributed by atoms with Crippen LogP contribution in [0, 0.1) is 5.82 Å². The number of rotatable bonds is 16. The van der Waals surface area contributed by atoms with Gasteiger partial charge in [0, 0.05) is 31.4 Å². The monoisotopic (exact) mass is 442 g/mol. The van der Waals surface area contributed by atoms with Crippen LogP contribution < -0.4 is 4.74 Å².